The largest absolute Gasteiger partial charge is 0.489 e. The summed E-state index contributed by atoms with van der Waals surface area (Å²) >= 11 is 1.09. The van der Waals surface area contributed by atoms with E-state index < -0.39 is 0 Å². The lowest BCUT2D eigenvalue weighted by atomic mass is 10.0. The molecule has 2 aromatic carbocycles. The lowest BCUT2D eigenvalue weighted by Gasteiger charge is -2.18. The molecule has 3 heterocycles. The minimum Gasteiger partial charge on any atom is -0.489 e. The summed E-state index contributed by atoms with van der Waals surface area (Å²) in [5.41, 5.74) is 1.44. The maximum atomic E-state index is 12.8. The second-order valence-electron chi connectivity index (χ2n) is 7.82. The first-order valence-corrected chi connectivity index (χ1v) is 11.0. The first-order chi connectivity index (χ1) is 15.6. The molecular formula is C22H22N4O5S. The van der Waals surface area contributed by atoms with Gasteiger partial charge in [0.05, 0.1) is 6.04 Å². The summed E-state index contributed by atoms with van der Waals surface area (Å²) in [6.07, 6.45) is 0. The number of carbonyl (C=O) groups is 1. The van der Waals surface area contributed by atoms with Gasteiger partial charge < -0.3 is 24.4 Å². The van der Waals surface area contributed by atoms with Gasteiger partial charge in [-0.1, -0.05) is 23.5 Å². The molecular weight excluding hydrogens is 432 g/mol. The van der Waals surface area contributed by atoms with E-state index in [2.05, 4.69) is 20.4 Å². The fourth-order valence-electron chi connectivity index (χ4n) is 4.02. The van der Waals surface area contributed by atoms with Crippen molar-refractivity contribution in [3.63, 3.8) is 0 Å². The number of nitrogens with one attached hydrogen (secondary N) is 2. The Morgan fingerprint density at radius 2 is 2.09 bits per heavy atom. The van der Waals surface area contributed by atoms with Gasteiger partial charge in [-0.05, 0) is 37.4 Å². The summed E-state index contributed by atoms with van der Waals surface area (Å²) in [4.78, 5) is 26.2. The first kappa shape index (κ1) is 20.5. The Labute approximate surface area is 187 Å². The Hall–Kier alpha value is -3.37. The van der Waals surface area contributed by atoms with Gasteiger partial charge in [-0.2, -0.15) is 5.10 Å². The van der Waals surface area contributed by atoms with Crippen LogP contribution in [0.2, 0.25) is 0 Å². The highest BCUT2D eigenvalue weighted by Crippen LogP contribution is 2.35. The summed E-state index contributed by atoms with van der Waals surface area (Å²) in [6, 6.07) is 12.6. The number of hydrogen-bond acceptors (Lipinski definition) is 8. The van der Waals surface area contributed by atoms with E-state index >= 15 is 0 Å². The monoisotopic (exact) mass is 454 g/mol. The summed E-state index contributed by atoms with van der Waals surface area (Å²) in [5.74, 6) is 1.89. The van der Waals surface area contributed by atoms with Crippen molar-refractivity contribution in [1.29, 1.82) is 0 Å². The molecule has 0 radical (unpaired) electrons. The number of hydrogen-bond donors (Lipinski definition) is 2. The Balaban J connectivity index is 1.21. The van der Waals surface area contributed by atoms with Crippen molar-refractivity contribution in [3.8, 4) is 17.2 Å². The van der Waals surface area contributed by atoms with E-state index in [0.29, 0.717) is 30.2 Å². The Morgan fingerprint density at radius 1 is 1.25 bits per heavy atom. The van der Waals surface area contributed by atoms with Crippen molar-refractivity contribution in [3.05, 3.63) is 68.3 Å². The zero-order valence-corrected chi connectivity index (χ0v) is 18.2. The van der Waals surface area contributed by atoms with E-state index in [1.165, 1.54) is 0 Å². The molecule has 0 unspecified atom stereocenters. The van der Waals surface area contributed by atoms with E-state index in [4.69, 9.17) is 14.2 Å². The SMILES string of the molecule is CN1C[C@H](c2n[nH]c(=O)s2)[C@H](NC(=O)c2ccc(OCc3cccc4c3OCO4)cc2)C1. The minimum atomic E-state index is -0.185. The van der Waals surface area contributed by atoms with Crippen LogP contribution in [0.3, 0.4) is 0 Å². The molecule has 0 aliphatic carbocycles. The van der Waals surface area contributed by atoms with Gasteiger partial charge in [-0.25, -0.2) is 5.10 Å². The van der Waals surface area contributed by atoms with Crippen LogP contribution in [0.15, 0.2) is 47.3 Å². The number of ether oxygens (including phenoxy) is 3. The van der Waals surface area contributed by atoms with Crippen LogP contribution in [0.5, 0.6) is 17.2 Å². The fraction of sp³-hybridized carbons (Fsp3) is 0.318. The fourth-order valence-corrected chi connectivity index (χ4v) is 4.78. The molecule has 1 amide bonds. The number of fused-ring (bicyclic) bond motifs is 1. The van der Waals surface area contributed by atoms with Crippen LogP contribution < -0.4 is 24.4 Å². The van der Waals surface area contributed by atoms with Crippen LogP contribution in [0.25, 0.3) is 0 Å². The third-order valence-corrected chi connectivity index (χ3v) is 6.46. The molecule has 9 nitrogen and oxygen atoms in total. The average Bonchev–Trinajstić information content (AvgIpc) is 3.52. The van der Waals surface area contributed by atoms with Crippen LogP contribution in [0.1, 0.15) is 26.8 Å². The molecule has 32 heavy (non-hydrogen) atoms. The van der Waals surface area contributed by atoms with E-state index in [1.54, 1.807) is 24.3 Å². The third-order valence-electron chi connectivity index (χ3n) is 5.58. The van der Waals surface area contributed by atoms with Crippen molar-refractivity contribution in [2.75, 3.05) is 26.9 Å². The van der Waals surface area contributed by atoms with E-state index in [-0.39, 0.29) is 29.5 Å². The molecule has 2 atom stereocenters. The smallest absolute Gasteiger partial charge is 0.322 e. The van der Waals surface area contributed by atoms with Crippen molar-refractivity contribution < 1.29 is 19.0 Å². The molecule has 2 aliphatic heterocycles. The van der Waals surface area contributed by atoms with Gasteiger partial charge in [0.1, 0.15) is 17.4 Å². The highest BCUT2D eigenvalue weighted by Gasteiger charge is 2.35. The molecule has 5 rings (SSSR count). The summed E-state index contributed by atoms with van der Waals surface area (Å²) in [6.45, 7) is 1.97. The summed E-state index contributed by atoms with van der Waals surface area (Å²) in [7, 11) is 1.99. The predicted octanol–water partition coefficient (Wildman–Crippen LogP) is 1.97. The van der Waals surface area contributed by atoms with Crippen LogP contribution in [0.4, 0.5) is 0 Å². The number of likely N-dealkylation sites (N-methyl/N-ethyl adjacent to an activating group) is 1. The van der Waals surface area contributed by atoms with Crippen LogP contribution in [-0.2, 0) is 6.61 Å². The molecule has 2 N–H and O–H groups in total. The highest BCUT2D eigenvalue weighted by molar-refractivity contribution is 7.08. The van der Waals surface area contributed by atoms with Crippen LogP contribution in [0, 0.1) is 0 Å². The van der Waals surface area contributed by atoms with E-state index in [9.17, 15) is 9.59 Å². The molecule has 10 heteroatoms. The van der Waals surface area contributed by atoms with Gasteiger partial charge in [0.15, 0.2) is 11.5 Å². The van der Waals surface area contributed by atoms with Gasteiger partial charge in [0.2, 0.25) is 6.79 Å². The zero-order valence-electron chi connectivity index (χ0n) is 17.4. The quantitative estimate of drug-likeness (QED) is 0.587. The number of amides is 1. The number of aromatic nitrogens is 2. The van der Waals surface area contributed by atoms with Gasteiger partial charge in [0, 0.05) is 30.1 Å². The van der Waals surface area contributed by atoms with Gasteiger partial charge in [0.25, 0.3) is 5.91 Å². The molecule has 3 aromatic rings. The second-order valence-corrected chi connectivity index (χ2v) is 8.82. The molecule has 0 saturated carbocycles. The summed E-state index contributed by atoms with van der Waals surface area (Å²) in [5, 5.41) is 10.4. The molecule has 0 spiro atoms. The first-order valence-electron chi connectivity index (χ1n) is 10.2. The second kappa shape index (κ2) is 8.64. The number of benzene rings is 2. The molecule has 166 valence electrons. The third kappa shape index (κ3) is 4.19. The van der Waals surface area contributed by atoms with Crippen LogP contribution in [-0.4, -0.2) is 54.0 Å². The maximum Gasteiger partial charge on any atom is 0.322 e. The van der Waals surface area contributed by atoms with E-state index in [0.717, 1.165) is 34.2 Å². The molecule has 1 aromatic heterocycles. The topological polar surface area (TPSA) is 106 Å². The van der Waals surface area contributed by atoms with Crippen molar-refractivity contribution in [2.45, 2.75) is 18.6 Å². The predicted molar refractivity (Wildman–Crippen MR) is 118 cm³/mol. The molecule has 2 aliphatic rings. The number of likely N-dealkylation sites (tertiary alicyclic amines) is 1. The Kier molecular flexibility index (Phi) is 5.54. The lowest BCUT2D eigenvalue weighted by Crippen LogP contribution is -2.39. The Morgan fingerprint density at radius 3 is 2.88 bits per heavy atom. The van der Waals surface area contributed by atoms with Crippen molar-refractivity contribution >= 4 is 17.2 Å². The summed E-state index contributed by atoms with van der Waals surface area (Å²) < 4.78 is 16.7. The van der Waals surface area contributed by atoms with Gasteiger partial charge >= 0.3 is 4.87 Å². The molecule has 1 saturated heterocycles. The number of para-hydroxylation sites is 1. The lowest BCUT2D eigenvalue weighted by molar-refractivity contribution is 0.0935. The molecule has 1 fully saturated rings. The van der Waals surface area contributed by atoms with Crippen LogP contribution >= 0.6 is 11.3 Å². The Bertz CT molecular complexity index is 1180. The number of rotatable bonds is 6. The molecule has 0 bridgehead atoms. The number of carbonyl (C=O) groups excluding carboxylic acids is 1. The number of H-pyrrole nitrogens is 1. The maximum absolute atomic E-state index is 12.8. The average molecular weight is 455 g/mol. The number of aromatic amines is 1. The van der Waals surface area contributed by atoms with Gasteiger partial charge in [-0.15, -0.1) is 0 Å². The standard InChI is InChI=1S/C22H22N4O5S/c1-26-9-16(21-24-25-22(28)32-21)17(10-26)23-20(27)13-5-7-15(8-6-13)29-11-14-3-2-4-18-19(14)31-12-30-18/h2-8,16-17H,9-12H2,1H3,(H,23,27)(H,25,28)/t16-,17+/m0/s1. The van der Waals surface area contributed by atoms with Crippen molar-refractivity contribution in [2.24, 2.45) is 0 Å². The normalized spacial score (nSPS) is 19.8. The zero-order chi connectivity index (χ0) is 22.1. The van der Waals surface area contributed by atoms with Gasteiger partial charge in [-0.3, -0.25) is 9.59 Å². The number of nitrogens with zero attached hydrogens (tertiary/aromatic N) is 2. The van der Waals surface area contributed by atoms with E-state index in [1.807, 2.05) is 25.2 Å². The minimum absolute atomic E-state index is 0.0192. The van der Waals surface area contributed by atoms with Crippen molar-refractivity contribution in [1.82, 2.24) is 20.4 Å². The highest BCUT2D eigenvalue weighted by atomic mass is 32.1.